The van der Waals surface area contributed by atoms with Gasteiger partial charge in [-0.1, -0.05) is 12.1 Å². The molecule has 0 unspecified atom stereocenters. The first kappa shape index (κ1) is 17.6. The molecule has 0 saturated carbocycles. The molecule has 2 N–H and O–H groups in total. The Labute approximate surface area is 157 Å². The summed E-state index contributed by atoms with van der Waals surface area (Å²) in [5, 5.41) is 12.3. The molecule has 0 aliphatic carbocycles. The molecule has 0 bridgehead atoms. The molecule has 1 atom stereocenters. The van der Waals surface area contributed by atoms with Crippen LogP contribution in [0.15, 0.2) is 53.6 Å². The zero-order valence-electron chi connectivity index (χ0n) is 14.8. The Hall–Kier alpha value is -2.77. The first-order valence-corrected chi connectivity index (χ1v) is 9.03. The van der Waals surface area contributed by atoms with E-state index in [1.807, 2.05) is 24.3 Å². The number of rotatable bonds is 4. The predicted molar refractivity (Wildman–Crippen MR) is 102 cm³/mol. The summed E-state index contributed by atoms with van der Waals surface area (Å²) < 4.78 is 18.8. The van der Waals surface area contributed by atoms with Crippen molar-refractivity contribution >= 4 is 23.0 Å². The quantitative estimate of drug-likeness (QED) is 0.871. The van der Waals surface area contributed by atoms with Crippen molar-refractivity contribution in [2.24, 2.45) is 5.10 Å². The van der Waals surface area contributed by atoms with Crippen molar-refractivity contribution in [1.82, 2.24) is 5.32 Å². The Kier molecular flexibility index (Phi) is 5.13. The van der Waals surface area contributed by atoms with E-state index in [2.05, 4.69) is 15.7 Å². The number of nitrogens with zero attached hydrogens (tertiary/aromatic N) is 2. The molecule has 0 aromatic heterocycles. The van der Waals surface area contributed by atoms with Crippen LogP contribution in [0.4, 0.5) is 15.8 Å². The van der Waals surface area contributed by atoms with E-state index in [1.165, 1.54) is 12.1 Å². The number of carbonyl (C=O) groups excluding carboxylic acids is 1. The zero-order valence-corrected chi connectivity index (χ0v) is 14.8. The highest BCUT2D eigenvalue weighted by Gasteiger charge is 2.22. The van der Waals surface area contributed by atoms with Gasteiger partial charge in [-0.2, -0.15) is 5.10 Å². The normalized spacial score (nSPS) is 19.7. The number of nitrogens with one attached hydrogen (secondary N) is 2. The second-order valence-corrected chi connectivity index (χ2v) is 6.54. The molecule has 2 aromatic carbocycles. The maximum atomic E-state index is 13.0. The monoisotopic (exact) mass is 368 g/mol. The van der Waals surface area contributed by atoms with E-state index in [0.717, 1.165) is 30.0 Å². The summed E-state index contributed by atoms with van der Waals surface area (Å²) in [5.41, 5.74) is 3.03. The minimum atomic E-state index is -0.294. The van der Waals surface area contributed by atoms with Crippen LogP contribution in [0.3, 0.4) is 0 Å². The first-order chi connectivity index (χ1) is 13.2. The van der Waals surface area contributed by atoms with Crippen LogP contribution in [-0.2, 0) is 9.53 Å². The van der Waals surface area contributed by atoms with E-state index in [9.17, 15) is 9.18 Å². The van der Waals surface area contributed by atoms with Crippen molar-refractivity contribution in [3.8, 4) is 0 Å². The van der Waals surface area contributed by atoms with Crippen LogP contribution in [0.25, 0.3) is 0 Å². The van der Waals surface area contributed by atoms with Gasteiger partial charge in [0.15, 0.2) is 0 Å². The molecule has 2 aliphatic rings. The number of ether oxygens (including phenoxy) is 1. The van der Waals surface area contributed by atoms with Gasteiger partial charge in [-0.3, -0.25) is 9.80 Å². The van der Waals surface area contributed by atoms with E-state index in [0.29, 0.717) is 25.3 Å². The van der Waals surface area contributed by atoms with E-state index < -0.39 is 0 Å². The maximum Gasteiger partial charge on any atom is 0.271 e. The van der Waals surface area contributed by atoms with E-state index in [1.54, 1.807) is 17.1 Å². The molecule has 1 fully saturated rings. The Morgan fingerprint density at radius 1 is 1.19 bits per heavy atom. The standard InChI is InChI=1S/C20H21FN4O2/c21-15-3-7-17(8-4-15)25-11-9-18(24-25)20(26)23-16-5-1-14(2-6-16)19-13-22-10-12-27-19/h1-8,19,22H,9-13H2,(H,23,26)/t19-/m0/s1. The average molecular weight is 368 g/mol. The summed E-state index contributed by atoms with van der Waals surface area (Å²) in [6.45, 7) is 2.97. The van der Waals surface area contributed by atoms with Gasteiger partial charge in [-0.05, 0) is 42.0 Å². The summed E-state index contributed by atoms with van der Waals surface area (Å²) in [6, 6.07) is 13.8. The van der Waals surface area contributed by atoms with Crippen molar-refractivity contribution in [2.75, 3.05) is 36.6 Å². The number of hydrogen-bond donors (Lipinski definition) is 2. The van der Waals surface area contributed by atoms with Crippen LogP contribution in [0.5, 0.6) is 0 Å². The van der Waals surface area contributed by atoms with E-state index in [4.69, 9.17) is 4.74 Å². The lowest BCUT2D eigenvalue weighted by Crippen LogP contribution is -2.33. The van der Waals surface area contributed by atoms with Crippen LogP contribution in [0, 0.1) is 5.82 Å². The number of halogens is 1. The van der Waals surface area contributed by atoms with Gasteiger partial charge in [-0.15, -0.1) is 0 Å². The molecular weight excluding hydrogens is 347 g/mol. The van der Waals surface area contributed by atoms with Gasteiger partial charge in [0.1, 0.15) is 11.5 Å². The molecule has 0 spiro atoms. The lowest BCUT2D eigenvalue weighted by atomic mass is 10.1. The molecule has 0 radical (unpaired) electrons. The minimum absolute atomic E-state index is 0.0481. The van der Waals surface area contributed by atoms with E-state index >= 15 is 0 Å². The second-order valence-electron chi connectivity index (χ2n) is 6.54. The number of hydrazone groups is 1. The molecule has 1 amide bonds. The van der Waals surface area contributed by atoms with Gasteiger partial charge >= 0.3 is 0 Å². The number of anilines is 2. The van der Waals surface area contributed by atoms with Crippen LogP contribution in [0.2, 0.25) is 0 Å². The highest BCUT2D eigenvalue weighted by molar-refractivity contribution is 6.43. The summed E-state index contributed by atoms with van der Waals surface area (Å²) in [6.07, 6.45) is 0.593. The Morgan fingerprint density at radius 2 is 1.96 bits per heavy atom. The van der Waals surface area contributed by atoms with Crippen molar-refractivity contribution in [2.45, 2.75) is 12.5 Å². The summed E-state index contributed by atoms with van der Waals surface area (Å²) in [7, 11) is 0. The molecule has 1 saturated heterocycles. The van der Waals surface area contributed by atoms with Gasteiger partial charge < -0.3 is 15.4 Å². The molecule has 140 valence electrons. The minimum Gasteiger partial charge on any atom is -0.371 e. The van der Waals surface area contributed by atoms with Crippen LogP contribution in [-0.4, -0.2) is 37.9 Å². The molecule has 27 heavy (non-hydrogen) atoms. The Bertz CT molecular complexity index is 830. The molecular formula is C20H21FN4O2. The molecule has 2 aliphatic heterocycles. The third kappa shape index (κ3) is 4.15. The first-order valence-electron chi connectivity index (χ1n) is 9.03. The van der Waals surface area contributed by atoms with Gasteiger partial charge in [-0.25, -0.2) is 4.39 Å². The second kappa shape index (κ2) is 7.85. The highest BCUT2D eigenvalue weighted by atomic mass is 19.1. The van der Waals surface area contributed by atoms with Gasteiger partial charge in [0.2, 0.25) is 0 Å². The lowest BCUT2D eigenvalue weighted by Gasteiger charge is -2.24. The van der Waals surface area contributed by atoms with Crippen molar-refractivity contribution in [1.29, 1.82) is 0 Å². The van der Waals surface area contributed by atoms with Crippen LogP contribution < -0.4 is 15.6 Å². The third-order valence-corrected chi connectivity index (χ3v) is 4.66. The number of amides is 1. The smallest absolute Gasteiger partial charge is 0.271 e. The zero-order chi connectivity index (χ0) is 18.6. The predicted octanol–water partition coefficient (Wildman–Crippen LogP) is 2.69. The maximum absolute atomic E-state index is 13.0. The van der Waals surface area contributed by atoms with Crippen molar-refractivity contribution in [3.63, 3.8) is 0 Å². The number of hydrogen-bond acceptors (Lipinski definition) is 5. The summed E-state index contributed by atoms with van der Waals surface area (Å²) in [4.78, 5) is 12.5. The van der Waals surface area contributed by atoms with Gasteiger partial charge in [0.05, 0.1) is 18.4 Å². The molecule has 2 aromatic rings. The van der Waals surface area contributed by atoms with Crippen molar-refractivity contribution < 1.29 is 13.9 Å². The number of benzene rings is 2. The van der Waals surface area contributed by atoms with Gasteiger partial charge in [0.25, 0.3) is 5.91 Å². The van der Waals surface area contributed by atoms with Gasteiger partial charge in [0, 0.05) is 31.7 Å². The topological polar surface area (TPSA) is 66.0 Å². The fraction of sp³-hybridized carbons (Fsp3) is 0.300. The fourth-order valence-corrected chi connectivity index (χ4v) is 3.18. The largest absolute Gasteiger partial charge is 0.371 e. The number of morpholine rings is 1. The third-order valence-electron chi connectivity index (χ3n) is 4.66. The van der Waals surface area contributed by atoms with Crippen LogP contribution in [0.1, 0.15) is 18.1 Å². The molecule has 6 nitrogen and oxygen atoms in total. The van der Waals surface area contributed by atoms with Crippen molar-refractivity contribution in [3.05, 3.63) is 59.9 Å². The number of carbonyl (C=O) groups is 1. The highest BCUT2D eigenvalue weighted by Crippen LogP contribution is 2.22. The van der Waals surface area contributed by atoms with Crippen LogP contribution >= 0.6 is 0 Å². The summed E-state index contributed by atoms with van der Waals surface area (Å²) in [5.74, 6) is -0.513. The molecule has 4 rings (SSSR count). The lowest BCUT2D eigenvalue weighted by molar-refractivity contribution is -0.110. The average Bonchev–Trinajstić information content (AvgIpc) is 3.20. The summed E-state index contributed by atoms with van der Waals surface area (Å²) >= 11 is 0. The molecule has 7 heteroatoms. The fourth-order valence-electron chi connectivity index (χ4n) is 3.18. The van der Waals surface area contributed by atoms with E-state index in [-0.39, 0.29) is 17.8 Å². The Morgan fingerprint density at radius 3 is 2.67 bits per heavy atom. The molecule has 2 heterocycles. The Balaban J connectivity index is 1.38. The SMILES string of the molecule is O=C(Nc1ccc([C@@H]2CNCCO2)cc1)C1=NN(c2ccc(F)cc2)CC1.